The van der Waals surface area contributed by atoms with Gasteiger partial charge in [-0.1, -0.05) is 17.7 Å². The summed E-state index contributed by atoms with van der Waals surface area (Å²) < 4.78 is 9.66. The lowest BCUT2D eigenvalue weighted by Crippen LogP contribution is -2.15. The fraction of sp³-hybridized carbons (Fsp3) is 0.167. The molecule has 0 aliphatic rings. The first-order valence-electron chi connectivity index (χ1n) is 7.19. The van der Waals surface area contributed by atoms with Crippen molar-refractivity contribution >= 4 is 23.5 Å². The predicted octanol–water partition coefficient (Wildman–Crippen LogP) is 2.96. The summed E-state index contributed by atoms with van der Waals surface area (Å²) in [5.41, 5.74) is 1.85. The highest BCUT2D eigenvalue weighted by molar-refractivity contribution is 6.08. The molecule has 124 valence electrons. The zero-order valence-electron chi connectivity index (χ0n) is 13.6. The molecule has 0 aliphatic carbocycles. The van der Waals surface area contributed by atoms with Gasteiger partial charge in [-0.25, -0.2) is 4.79 Å². The highest BCUT2D eigenvalue weighted by atomic mass is 16.5. The van der Waals surface area contributed by atoms with E-state index in [-0.39, 0.29) is 22.9 Å². The molecule has 0 heterocycles. The molecule has 0 radical (unpaired) electrons. The number of carbonyl (C=O) groups is 3. The zero-order chi connectivity index (χ0) is 17.7. The van der Waals surface area contributed by atoms with Gasteiger partial charge in [0, 0.05) is 12.5 Å². The van der Waals surface area contributed by atoms with Gasteiger partial charge >= 0.3 is 11.9 Å². The first-order valence-corrected chi connectivity index (χ1v) is 7.19. The minimum absolute atomic E-state index is 0.0942. The molecule has 0 saturated carbocycles. The number of ether oxygens (including phenoxy) is 2. The number of amides is 1. The van der Waals surface area contributed by atoms with Crippen molar-refractivity contribution in [1.29, 1.82) is 0 Å². The van der Waals surface area contributed by atoms with Gasteiger partial charge in [-0.2, -0.15) is 0 Å². The van der Waals surface area contributed by atoms with Crippen molar-refractivity contribution in [2.24, 2.45) is 0 Å². The number of nitrogens with one attached hydrogen (secondary N) is 1. The van der Waals surface area contributed by atoms with Gasteiger partial charge in [-0.05, 0) is 37.3 Å². The third kappa shape index (κ3) is 4.19. The van der Waals surface area contributed by atoms with E-state index in [2.05, 4.69) is 5.32 Å². The largest absolute Gasteiger partial charge is 0.465 e. The van der Waals surface area contributed by atoms with Crippen LogP contribution in [-0.2, 0) is 9.53 Å². The smallest absolute Gasteiger partial charge is 0.340 e. The molecular weight excluding hydrogens is 310 g/mol. The molecular formula is C18H17NO5. The van der Waals surface area contributed by atoms with Gasteiger partial charge in [0.2, 0.25) is 0 Å². The third-order valence-electron chi connectivity index (χ3n) is 3.22. The molecule has 0 spiro atoms. The Balaban J connectivity index is 2.31. The van der Waals surface area contributed by atoms with Gasteiger partial charge in [-0.3, -0.25) is 9.59 Å². The van der Waals surface area contributed by atoms with Gasteiger partial charge in [0.1, 0.15) is 5.75 Å². The Hall–Kier alpha value is -3.15. The van der Waals surface area contributed by atoms with Crippen molar-refractivity contribution in [2.75, 3.05) is 12.4 Å². The highest BCUT2D eigenvalue weighted by Crippen LogP contribution is 2.24. The number of hydrogen-bond acceptors (Lipinski definition) is 5. The third-order valence-corrected chi connectivity index (χ3v) is 3.22. The standard InChI is InChI=1S/C18H17NO5/c1-11-4-6-13(7-5-11)17(21)19-16-9-8-14(24-12(2)20)10-15(16)18(22)23-3/h4-10H,1-3H3,(H,19,21). The average Bonchev–Trinajstić information content (AvgIpc) is 2.55. The second-order valence-electron chi connectivity index (χ2n) is 5.11. The van der Waals surface area contributed by atoms with Crippen LogP contribution < -0.4 is 10.1 Å². The summed E-state index contributed by atoms with van der Waals surface area (Å²) in [4.78, 5) is 35.3. The number of benzene rings is 2. The molecule has 2 rings (SSSR count). The molecule has 24 heavy (non-hydrogen) atoms. The van der Waals surface area contributed by atoms with Crippen LogP contribution in [0.1, 0.15) is 33.2 Å². The van der Waals surface area contributed by atoms with Crippen LogP contribution in [0.4, 0.5) is 5.69 Å². The number of hydrogen-bond donors (Lipinski definition) is 1. The van der Waals surface area contributed by atoms with E-state index in [1.807, 2.05) is 19.1 Å². The van der Waals surface area contributed by atoms with Gasteiger partial charge in [0.25, 0.3) is 5.91 Å². The lowest BCUT2D eigenvalue weighted by Gasteiger charge is -2.11. The Bertz CT molecular complexity index is 780. The van der Waals surface area contributed by atoms with Crippen molar-refractivity contribution in [3.05, 3.63) is 59.2 Å². The molecule has 1 N–H and O–H groups in total. The number of rotatable bonds is 4. The van der Waals surface area contributed by atoms with Crippen molar-refractivity contribution in [3.63, 3.8) is 0 Å². The summed E-state index contributed by atoms with van der Waals surface area (Å²) in [6.45, 7) is 3.18. The number of aryl methyl sites for hydroxylation is 1. The Kier molecular flexibility index (Phi) is 5.31. The molecule has 0 fully saturated rings. The maximum atomic E-state index is 12.3. The molecule has 0 bridgehead atoms. The van der Waals surface area contributed by atoms with Crippen LogP contribution in [0, 0.1) is 6.92 Å². The SMILES string of the molecule is COC(=O)c1cc(OC(C)=O)ccc1NC(=O)c1ccc(C)cc1. The summed E-state index contributed by atoms with van der Waals surface area (Å²) >= 11 is 0. The summed E-state index contributed by atoms with van der Waals surface area (Å²) in [5.74, 6) is -1.33. The summed E-state index contributed by atoms with van der Waals surface area (Å²) in [6, 6.07) is 11.3. The molecule has 2 aromatic rings. The maximum absolute atomic E-state index is 12.3. The Morgan fingerprint density at radius 2 is 1.67 bits per heavy atom. The van der Waals surface area contributed by atoms with Gasteiger partial charge in [-0.15, -0.1) is 0 Å². The molecule has 2 aromatic carbocycles. The average molecular weight is 327 g/mol. The monoisotopic (exact) mass is 327 g/mol. The number of carbonyl (C=O) groups excluding carboxylic acids is 3. The molecule has 0 aromatic heterocycles. The molecule has 0 saturated heterocycles. The quantitative estimate of drug-likeness (QED) is 0.689. The number of anilines is 1. The second kappa shape index (κ2) is 7.41. The fourth-order valence-corrected chi connectivity index (χ4v) is 2.04. The van der Waals surface area contributed by atoms with Crippen molar-refractivity contribution in [3.8, 4) is 5.75 Å². The molecule has 0 atom stereocenters. The molecule has 1 amide bonds. The van der Waals surface area contributed by atoms with E-state index in [9.17, 15) is 14.4 Å². The fourth-order valence-electron chi connectivity index (χ4n) is 2.04. The Morgan fingerprint density at radius 3 is 2.25 bits per heavy atom. The van der Waals surface area contributed by atoms with Crippen LogP contribution in [0.15, 0.2) is 42.5 Å². The summed E-state index contributed by atoms with van der Waals surface area (Å²) in [7, 11) is 1.23. The van der Waals surface area contributed by atoms with Gasteiger partial charge in [0.15, 0.2) is 0 Å². The number of methoxy groups -OCH3 is 1. The van der Waals surface area contributed by atoms with Crippen molar-refractivity contribution < 1.29 is 23.9 Å². The second-order valence-corrected chi connectivity index (χ2v) is 5.11. The molecule has 6 nitrogen and oxygen atoms in total. The van der Waals surface area contributed by atoms with Crippen LogP contribution in [0.5, 0.6) is 5.75 Å². The highest BCUT2D eigenvalue weighted by Gasteiger charge is 2.16. The first-order chi connectivity index (χ1) is 11.4. The van der Waals surface area contributed by atoms with E-state index in [0.29, 0.717) is 5.56 Å². The van der Waals surface area contributed by atoms with Crippen molar-refractivity contribution in [2.45, 2.75) is 13.8 Å². The van der Waals surface area contributed by atoms with Crippen LogP contribution in [-0.4, -0.2) is 25.0 Å². The molecule has 0 unspecified atom stereocenters. The Morgan fingerprint density at radius 1 is 1.00 bits per heavy atom. The first kappa shape index (κ1) is 17.2. The lowest BCUT2D eigenvalue weighted by atomic mass is 10.1. The summed E-state index contributed by atoms with van der Waals surface area (Å²) in [5, 5.41) is 2.66. The van der Waals surface area contributed by atoms with Gasteiger partial charge in [0.05, 0.1) is 18.4 Å². The van der Waals surface area contributed by atoms with E-state index >= 15 is 0 Å². The molecule has 6 heteroatoms. The van der Waals surface area contributed by atoms with Crippen LogP contribution in [0.2, 0.25) is 0 Å². The minimum Gasteiger partial charge on any atom is -0.465 e. The van der Waals surface area contributed by atoms with Crippen LogP contribution >= 0.6 is 0 Å². The van der Waals surface area contributed by atoms with E-state index in [1.165, 1.54) is 32.2 Å². The lowest BCUT2D eigenvalue weighted by molar-refractivity contribution is -0.131. The zero-order valence-corrected chi connectivity index (χ0v) is 13.6. The van der Waals surface area contributed by atoms with E-state index in [4.69, 9.17) is 9.47 Å². The van der Waals surface area contributed by atoms with Crippen LogP contribution in [0.3, 0.4) is 0 Å². The normalized spacial score (nSPS) is 9.96. The molecule has 0 aliphatic heterocycles. The summed E-state index contributed by atoms with van der Waals surface area (Å²) in [6.07, 6.45) is 0. The predicted molar refractivity (Wildman–Crippen MR) is 88.2 cm³/mol. The van der Waals surface area contributed by atoms with E-state index < -0.39 is 11.9 Å². The maximum Gasteiger partial charge on any atom is 0.340 e. The van der Waals surface area contributed by atoms with Crippen molar-refractivity contribution in [1.82, 2.24) is 0 Å². The van der Waals surface area contributed by atoms with E-state index in [1.54, 1.807) is 12.1 Å². The van der Waals surface area contributed by atoms with Gasteiger partial charge < -0.3 is 14.8 Å². The van der Waals surface area contributed by atoms with E-state index in [0.717, 1.165) is 5.56 Å². The Labute approximate surface area is 139 Å². The minimum atomic E-state index is -0.650. The number of esters is 2. The van der Waals surface area contributed by atoms with Crippen LogP contribution in [0.25, 0.3) is 0 Å². The topological polar surface area (TPSA) is 81.7 Å².